The van der Waals surface area contributed by atoms with Crippen molar-refractivity contribution in [1.82, 2.24) is 15.0 Å². The standard InChI is InChI=1S/C24H25F3N6O2/c1-15-10-18(33-9-3-6-21(33)34)13-19(11-15)35-14-20-30-22(28)32-23(31-20)29-8-7-16-4-2-5-17(12-16)24(25,26)27/h2,4-5,10-13H,3,6-9,14H2,1H3,(H3,28,29,30,31,32). The number of hydrogen-bond donors (Lipinski definition) is 2. The molecule has 1 saturated heterocycles. The van der Waals surface area contributed by atoms with E-state index in [1.165, 1.54) is 6.07 Å². The molecule has 2 aromatic carbocycles. The van der Waals surface area contributed by atoms with Gasteiger partial charge in [-0.2, -0.15) is 28.1 Å². The Labute approximate surface area is 200 Å². The van der Waals surface area contributed by atoms with Gasteiger partial charge in [0.15, 0.2) is 5.82 Å². The fourth-order valence-corrected chi connectivity index (χ4v) is 3.84. The van der Waals surface area contributed by atoms with Crippen molar-refractivity contribution in [2.24, 2.45) is 0 Å². The first-order valence-corrected chi connectivity index (χ1v) is 11.1. The Morgan fingerprint density at radius 3 is 2.71 bits per heavy atom. The number of halogens is 3. The van der Waals surface area contributed by atoms with E-state index in [1.54, 1.807) is 17.0 Å². The van der Waals surface area contributed by atoms with Crippen LogP contribution in [0.2, 0.25) is 0 Å². The van der Waals surface area contributed by atoms with Crippen molar-refractivity contribution in [2.75, 3.05) is 29.0 Å². The second-order valence-corrected chi connectivity index (χ2v) is 8.25. The third-order valence-electron chi connectivity index (χ3n) is 5.44. The molecular weight excluding hydrogens is 461 g/mol. The minimum absolute atomic E-state index is 0.00670. The van der Waals surface area contributed by atoms with Gasteiger partial charge in [-0.05, 0) is 49.1 Å². The lowest BCUT2D eigenvalue weighted by Gasteiger charge is -2.18. The molecule has 11 heteroatoms. The van der Waals surface area contributed by atoms with Gasteiger partial charge in [-0.25, -0.2) is 0 Å². The second kappa shape index (κ2) is 10.2. The van der Waals surface area contributed by atoms with Gasteiger partial charge < -0.3 is 20.7 Å². The summed E-state index contributed by atoms with van der Waals surface area (Å²) in [7, 11) is 0. The summed E-state index contributed by atoms with van der Waals surface area (Å²) >= 11 is 0. The lowest BCUT2D eigenvalue weighted by molar-refractivity contribution is -0.137. The molecule has 0 unspecified atom stereocenters. The highest BCUT2D eigenvalue weighted by Gasteiger charge is 2.30. The molecule has 184 valence electrons. The number of aryl methyl sites for hydroxylation is 1. The van der Waals surface area contributed by atoms with E-state index in [0.29, 0.717) is 43.1 Å². The third kappa shape index (κ3) is 6.37. The molecule has 1 aliphatic heterocycles. The number of carbonyl (C=O) groups excluding carboxylic acids is 1. The highest BCUT2D eigenvalue weighted by atomic mass is 19.4. The summed E-state index contributed by atoms with van der Waals surface area (Å²) in [5, 5.41) is 2.97. The van der Waals surface area contributed by atoms with E-state index in [2.05, 4.69) is 20.3 Å². The molecule has 0 spiro atoms. The molecule has 3 N–H and O–H groups in total. The van der Waals surface area contributed by atoms with Crippen LogP contribution in [0.3, 0.4) is 0 Å². The quantitative estimate of drug-likeness (QED) is 0.493. The molecule has 35 heavy (non-hydrogen) atoms. The minimum atomic E-state index is -4.39. The zero-order valence-corrected chi connectivity index (χ0v) is 19.1. The van der Waals surface area contributed by atoms with Gasteiger partial charge in [-0.1, -0.05) is 18.2 Å². The fraction of sp³-hybridized carbons (Fsp3) is 0.333. The molecule has 0 radical (unpaired) electrons. The van der Waals surface area contributed by atoms with Crippen LogP contribution in [0, 0.1) is 6.92 Å². The van der Waals surface area contributed by atoms with Crippen molar-refractivity contribution in [3.05, 3.63) is 65.0 Å². The highest BCUT2D eigenvalue weighted by molar-refractivity contribution is 5.95. The molecule has 4 rings (SSSR count). The van der Waals surface area contributed by atoms with Gasteiger partial charge in [0.1, 0.15) is 12.4 Å². The second-order valence-electron chi connectivity index (χ2n) is 8.25. The van der Waals surface area contributed by atoms with E-state index < -0.39 is 11.7 Å². The van der Waals surface area contributed by atoms with E-state index in [1.807, 2.05) is 19.1 Å². The number of alkyl halides is 3. The average Bonchev–Trinajstić information content (AvgIpc) is 3.23. The molecule has 1 aliphatic rings. The van der Waals surface area contributed by atoms with Crippen molar-refractivity contribution in [2.45, 2.75) is 39.0 Å². The topological polar surface area (TPSA) is 106 Å². The van der Waals surface area contributed by atoms with Crippen LogP contribution in [0.5, 0.6) is 5.75 Å². The van der Waals surface area contributed by atoms with E-state index in [0.717, 1.165) is 29.8 Å². The zero-order chi connectivity index (χ0) is 25.0. The predicted molar refractivity (Wildman–Crippen MR) is 125 cm³/mol. The maximum atomic E-state index is 12.9. The molecule has 1 aromatic heterocycles. The Balaban J connectivity index is 1.38. The maximum Gasteiger partial charge on any atom is 0.416 e. The average molecular weight is 486 g/mol. The summed E-state index contributed by atoms with van der Waals surface area (Å²) in [4.78, 5) is 26.2. The number of carbonyl (C=O) groups is 1. The zero-order valence-electron chi connectivity index (χ0n) is 19.1. The highest BCUT2D eigenvalue weighted by Crippen LogP contribution is 2.30. The molecular formula is C24H25F3N6O2. The van der Waals surface area contributed by atoms with Gasteiger partial charge in [-0.15, -0.1) is 0 Å². The molecule has 8 nitrogen and oxygen atoms in total. The summed E-state index contributed by atoms with van der Waals surface area (Å²) in [6, 6.07) is 10.8. The smallest absolute Gasteiger partial charge is 0.416 e. The summed E-state index contributed by atoms with van der Waals surface area (Å²) in [5.74, 6) is 1.15. The van der Waals surface area contributed by atoms with Crippen molar-refractivity contribution < 1.29 is 22.7 Å². The Bertz CT molecular complexity index is 1220. The van der Waals surface area contributed by atoms with E-state index >= 15 is 0 Å². The minimum Gasteiger partial charge on any atom is -0.486 e. The van der Waals surface area contributed by atoms with Crippen LogP contribution in [0.4, 0.5) is 30.8 Å². The number of nitrogens with two attached hydrogens (primary N) is 1. The van der Waals surface area contributed by atoms with E-state index in [-0.39, 0.29) is 24.4 Å². The lowest BCUT2D eigenvalue weighted by Crippen LogP contribution is -2.23. The third-order valence-corrected chi connectivity index (χ3v) is 5.44. The monoisotopic (exact) mass is 486 g/mol. The fourth-order valence-electron chi connectivity index (χ4n) is 3.84. The molecule has 3 aromatic rings. The number of nitrogens with one attached hydrogen (secondary N) is 1. The number of rotatable bonds is 8. The molecule has 0 aliphatic carbocycles. The van der Waals surface area contributed by atoms with Crippen molar-refractivity contribution in [1.29, 1.82) is 0 Å². The van der Waals surface area contributed by atoms with Gasteiger partial charge in [-0.3, -0.25) is 4.79 Å². The number of anilines is 3. The number of amides is 1. The Kier molecular flexibility index (Phi) is 7.04. The van der Waals surface area contributed by atoms with Gasteiger partial charge in [0, 0.05) is 31.3 Å². The van der Waals surface area contributed by atoms with Gasteiger partial charge >= 0.3 is 6.18 Å². The van der Waals surface area contributed by atoms with Crippen LogP contribution in [0.25, 0.3) is 0 Å². The Morgan fingerprint density at radius 1 is 1.14 bits per heavy atom. The maximum absolute atomic E-state index is 12.9. The van der Waals surface area contributed by atoms with E-state index in [4.69, 9.17) is 10.5 Å². The van der Waals surface area contributed by atoms with Crippen LogP contribution in [0.1, 0.15) is 35.4 Å². The first-order valence-electron chi connectivity index (χ1n) is 11.1. The first-order chi connectivity index (χ1) is 16.7. The van der Waals surface area contributed by atoms with Crippen LogP contribution < -0.4 is 20.7 Å². The number of nitrogen functional groups attached to an aromatic ring is 1. The summed E-state index contributed by atoms with van der Waals surface area (Å²) < 4.78 is 44.5. The van der Waals surface area contributed by atoms with Crippen LogP contribution in [-0.2, 0) is 24.0 Å². The van der Waals surface area contributed by atoms with Crippen molar-refractivity contribution >= 4 is 23.5 Å². The number of aromatic nitrogens is 3. The summed E-state index contributed by atoms with van der Waals surface area (Å²) in [5.41, 5.74) is 7.38. The van der Waals surface area contributed by atoms with Crippen LogP contribution in [0.15, 0.2) is 42.5 Å². The summed E-state index contributed by atoms with van der Waals surface area (Å²) in [6.45, 7) is 2.92. The van der Waals surface area contributed by atoms with Crippen molar-refractivity contribution in [3.63, 3.8) is 0 Å². The number of ether oxygens (including phenoxy) is 1. The Morgan fingerprint density at radius 2 is 1.97 bits per heavy atom. The molecule has 1 fully saturated rings. The number of hydrogen-bond acceptors (Lipinski definition) is 7. The van der Waals surface area contributed by atoms with Crippen molar-refractivity contribution in [3.8, 4) is 5.75 Å². The van der Waals surface area contributed by atoms with Gasteiger partial charge in [0.05, 0.1) is 5.56 Å². The molecule has 2 heterocycles. The molecule has 0 saturated carbocycles. The number of benzene rings is 2. The lowest BCUT2D eigenvalue weighted by atomic mass is 10.1. The van der Waals surface area contributed by atoms with Gasteiger partial charge in [0.2, 0.25) is 17.8 Å². The van der Waals surface area contributed by atoms with E-state index in [9.17, 15) is 18.0 Å². The number of nitrogens with zero attached hydrogens (tertiary/aromatic N) is 4. The van der Waals surface area contributed by atoms with Gasteiger partial charge in [0.25, 0.3) is 0 Å². The predicted octanol–water partition coefficient (Wildman–Crippen LogP) is 4.14. The normalized spacial score (nSPS) is 13.8. The largest absolute Gasteiger partial charge is 0.486 e. The SMILES string of the molecule is Cc1cc(OCc2nc(N)nc(NCCc3cccc(C(F)(F)F)c3)n2)cc(N2CCCC2=O)c1. The summed E-state index contributed by atoms with van der Waals surface area (Å²) in [6.07, 6.45) is -2.68. The van der Waals surface area contributed by atoms with Crippen LogP contribution in [-0.4, -0.2) is 33.9 Å². The molecule has 1 amide bonds. The molecule has 0 atom stereocenters. The van der Waals surface area contributed by atoms with Crippen LogP contribution >= 0.6 is 0 Å². The molecule has 0 bridgehead atoms. The first kappa shape index (κ1) is 24.2. The Hall–Kier alpha value is -3.89.